The molecule has 0 saturated carbocycles. The maximum atomic E-state index is 12.1. The van der Waals surface area contributed by atoms with Crippen LogP contribution in [0.2, 0.25) is 0 Å². The molecule has 25 heavy (non-hydrogen) atoms. The molecule has 0 bridgehead atoms. The lowest BCUT2D eigenvalue weighted by atomic mass is 10.1. The van der Waals surface area contributed by atoms with Crippen LogP contribution in [-0.4, -0.2) is 21.9 Å². The summed E-state index contributed by atoms with van der Waals surface area (Å²) < 4.78 is 6.46. The SMILES string of the molecule is CCSc1ccc(CC(=O)Nc2nnc(-c3ccc(Br)cc3)o2)cc1. The summed E-state index contributed by atoms with van der Waals surface area (Å²) in [5, 5.41) is 10.5. The van der Waals surface area contributed by atoms with E-state index in [2.05, 4.69) is 38.4 Å². The van der Waals surface area contributed by atoms with Gasteiger partial charge in [-0.05, 0) is 47.7 Å². The van der Waals surface area contributed by atoms with Gasteiger partial charge in [0.15, 0.2) is 0 Å². The lowest BCUT2D eigenvalue weighted by Gasteiger charge is -2.03. The molecular formula is C18H16BrN3O2S. The lowest BCUT2D eigenvalue weighted by Crippen LogP contribution is -2.14. The third-order valence-electron chi connectivity index (χ3n) is 3.36. The number of rotatable bonds is 6. The molecule has 1 amide bonds. The van der Waals surface area contributed by atoms with E-state index >= 15 is 0 Å². The van der Waals surface area contributed by atoms with Crippen molar-refractivity contribution in [2.45, 2.75) is 18.2 Å². The Morgan fingerprint density at radius 3 is 2.52 bits per heavy atom. The molecule has 0 unspecified atom stereocenters. The molecule has 1 heterocycles. The molecule has 0 radical (unpaired) electrons. The molecule has 0 fully saturated rings. The van der Waals surface area contributed by atoms with Crippen LogP contribution >= 0.6 is 27.7 Å². The fourth-order valence-electron chi connectivity index (χ4n) is 2.20. The van der Waals surface area contributed by atoms with E-state index in [0.717, 1.165) is 21.4 Å². The standard InChI is InChI=1S/C18H16BrN3O2S/c1-2-25-15-9-3-12(4-10-15)11-16(23)20-18-22-21-17(24-18)13-5-7-14(19)8-6-13/h3-10H,2,11H2,1H3,(H,20,22,23). The van der Waals surface area contributed by atoms with Gasteiger partial charge in [0, 0.05) is 14.9 Å². The van der Waals surface area contributed by atoms with Gasteiger partial charge in [-0.2, -0.15) is 0 Å². The largest absolute Gasteiger partial charge is 0.403 e. The fraction of sp³-hybridized carbons (Fsp3) is 0.167. The number of amides is 1. The zero-order valence-corrected chi connectivity index (χ0v) is 15.9. The maximum Gasteiger partial charge on any atom is 0.322 e. The lowest BCUT2D eigenvalue weighted by molar-refractivity contribution is -0.115. The van der Waals surface area contributed by atoms with Crippen LogP contribution in [-0.2, 0) is 11.2 Å². The molecule has 3 rings (SSSR count). The van der Waals surface area contributed by atoms with E-state index in [9.17, 15) is 4.79 Å². The van der Waals surface area contributed by atoms with Crippen LogP contribution in [0.1, 0.15) is 12.5 Å². The van der Waals surface area contributed by atoms with E-state index in [4.69, 9.17) is 4.42 Å². The number of benzene rings is 2. The Hall–Kier alpha value is -2.12. The number of hydrogen-bond donors (Lipinski definition) is 1. The average Bonchev–Trinajstić information content (AvgIpc) is 3.06. The molecule has 0 saturated heterocycles. The highest BCUT2D eigenvalue weighted by atomic mass is 79.9. The quantitative estimate of drug-likeness (QED) is 0.583. The molecule has 0 aliphatic carbocycles. The number of carbonyl (C=O) groups is 1. The minimum Gasteiger partial charge on any atom is -0.403 e. The second kappa shape index (κ2) is 8.31. The summed E-state index contributed by atoms with van der Waals surface area (Å²) in [5.41, 5.74) is 1.73. The van der Waals surface area contributed by atoms with E-state index in [1.807, 2.05) is 48.5 Å². The van der Waals surface area contributed by atoms with Gasteiger partial charge in [-0.15, -0.1) is 16.9 Å². The summed E-state index contributed by atoms with van der Waals surface area (Å²) in [5.74, 6) is 1.20. The van der Waals surface area contributed by atoms with Crippen molar-refractivity contribution >= 4 is 39.6 Å². The number of nitrogens with zero attached hydrogens (tertiary/aromatic N) is 2. The Kier molecular flexibility index (Phi) is 5.88. The van der Waals surface area contributed by atoms with Crippen LogP contribution in [0.3, 0.4) is 0 Å². The second-order valence-corrected chi connectivity index (χ2v) is 7.47. The zero-order valence-electron chi connectivity index (χ0n) is 13.5. The fourth-order valence-corrected chi connectivity index (χ4v) is 3.13. The summed E-state index contributed by atoms with van der Waals surface area (Å²) >= 11 is 5.15. The summed E-state index contributed by atoms with van der Waals surface area (Å²) in [6, 6.07) is 15.6. The van der Waals surface area contributed by atoms with E-state index < -0.39 is 0 Å². The molecule has 1 aromatic heterocycles. The average molecular weight is 418 g/mol. The molecule has 3 aromatic rings. The number of thioether (sulfide) groups is 1. The van der Waals surface area contributed by atoms with Crippen molar-refractivity contribution in [3.8, 4) is 11.5 Å². The van der Waals surface area contributed by atoms with Gasteiger partial charge >= 0.3 is 6.01 Å². The molecule has 2 aromatic carbocycles. The Balaban J connectivity index is 1.60. The number of nitrogens with one attached hydrogen (secondary N) is 1. The summed E-state index contributed by atoms with van der Waals surface area (Å²) in [4.78, 5) is 13.3. The first kappa shape index (κ1) is 17.7. The van der Waals surface area contributed by atoms with Gasteiger partial charge in [0.1, 0.15) is 0 Å². The minimum atomic E-state index is -0.193. The van der Waals surface area contributed by atoms with E-state index in [1.54, 1.807) is 11.8 Å². The van der Waals surface area contributed by atoms with Crippen molar-refractivity contribution in [3.63, 3.8) is 0 Å². The van der Waals surface area contributed by atoms with E-state index in [-0.39, 0.29) is 18.3 Å². The van der Waals surface area contributed by atoms with Crippen LogP contribution in [0.15, 0.2) is 62.3 Å². The monoisotopic (exact) mass is 417 g/mol. The number of halogens is 1. The second-order valence-electron chi connectivity index (χ2n) is 5.22. The number of anilines is 1. The first-order valence-corrected chi connectivity index (χ1v) is 9.53. The predicted octanol–water partition coefficient (Wildman–Crippen LogP) is 4.79. The number of aromatic nitrogens is 2. The summed E-state index contributed by atoms with van der Waals surface area (Å²) in [7, 11) is 0. The van der Waals surface area contributed by atoms with Crippen molar-refractivity contribution in [2.75, 3.05) is 11.1 Å². The van der Waals surface area contributed by atoms with Crippen molar-refractivity contribution in [1.29, 1.82) is 0 Å². The molecule has 1 N–H and O–H groups in total. The van der Waals surface area contributed by atoms with Gasteiger partial charge in [-0.3, -0.25) is 10.1 Å². The summed E-state index contributed by atoms with van der Waals surface area (Å²) in [6.07, 6.45) is 0.257. The van der Waals surface area contributed by atoms with Crippen LogP contribution < -0.4 is 5.32 Å². The first-order chi connectivity index (χ1) is 12.1. The van der Waals surface area contributed by atoms with E-state index in [0.29, 0.717) is 5.89 Å². The van der Waals surface area contributed by atoms with Crippen molar-refractivity contribution in [3.05, 3.63) is 58.6 Å². The molecular weight excluding hydrogens is 402 g/mol. The molecule has 0 atom stereocenters. The van der Waals surface area contributed by atoms with Gasteiger partial charge in [0.25, 0.3) is 0 Å². The van der Waals surface area contributed by atoms with Gasteiger partial charge < -0.3 is 4.42 Å². The number of hydrogen-bond acceptors (Lipinski definition) is 5. The molecule has 128 valence electrons. The molecule has 0 aliphatic heterocycles. The van der Waals surface area contributed by atoms with Crippen LogP contribution in [0.5, 0.6) is 0 Å². The first-order valence-electron chi connectivity index (χ1n) is 7.75. The molecule has 5 nitrogen and oxygen atoms in total. The topological polar surface area (TPSA) is 68.0 Å². The summed E-state index contributed by atoms with van der Waals surface area (Å²) in [6.45, 7) is 2.11. The predicted molar refractivity (Wildman–Crippen MR) is 103 cm³/mol. The maximum absolute atomic E-state index is 12.1. The van der Waals surface area contributed by atoms with Gasteiger partial charge in [-0.1, -0.05) is 40.1 Å². The Bertz CT molecular complexity index is 848. The Morgan fingerprint density at radius 1 is 1.12 bits per heavy atom. The Morgan fingerprint density at radius 2 is 1.84 bits per heavy atom. The Labute approximate surface area is 158 Å². The van der Waals surface area contributed by atoms with E-state index in [1.165, 1.54) is 4.90 Å². The van der Waals surface area contributed by atoms with Crippen LogP contribution in [0, 0.1) is 0 Å². The van der Waals surface area contributed by atoms with Crippen molar-refractivity contribution in [1.82, 2.24) is 10.2 Å². The van der Waals surface area contributed by atoms with Gasteiger partial charge in [0.05, 0.1) is 6.42 Å². The number of carbonyl (C=O) groups excluding carboxylic acids is 1. The highest BCUT2D eigenvalue weighted by Crippen LogP contribution is 2.22. The van der Waals surface area contributed by atoms with Crippen LogP contribution in [0.25, 0.3) is 11.5 Å². The van der Waals surface area contributed by atoms with Crippen LogP contribution in [0.4, 0.5) is 6.01 Å². The normalized spacial score (nSPS) is 10.6. The third kappa shape index (κ3) is 4.93. The molecule has 7 heteroatoms. The molecule has 0 spiro atoms. The van der Waals surface area contributed by atoms with Gasteiger partial charge in [0.2, 0.25) is 11.8 Å². The van der Waals surface area contributed by atoms with Gasteiger partial charge in [-0.25, -0.2) is 0 Å². The third-order valence-corrected chi connectivity index (χ3v) is 4.78. The zero-order chi connectivity index (χ0) is 17.6. The highest BCUT2D eigenvalue weighted by molar-refractivity contribution is 9.10. The van der Waals surface area contributed by atoms with Crippen molar-refractivity contribution < 1.29 is 9.21 Å². The molecule has 0 aliphatic rings. The van der Waals surface area contributed by atoms with Crippen molar-refractivity contribution in [2.24, 2.45) is 0 Å². The smallest absolute Gasteiger partial charge is 0.322 e. The highest BCUT2D eigenvalue weighted by Gasteiger charge is 2.12. The minimum absolute atomic E-state index is 0.0982.